The van der Waals surface area contributed by atoms with Crippen molar-refractivity contribution in [2.75, 3.05) is 0 Å². The molecule has 0 radical (unpaired) electrons. The molecule has 1 N–H and O–H groups in total. The Kier molecular flexibility index (Phi) is 1.42. The summed E-state index contributed by atoms with van der Waals surface area (Å²) in [6.45, 7) is 1.94. The summed E-state index contributed by atoms with van der Waals surface area (Å²) in [5.41, 5.74) is 1.73. The van der Waals surface area contributed by atoms with Crippen LogP contribution in [0.1, 0.15) is 5.69 Å². The largest absolute Gasteiger partial charge is 0.283 e. The van der Waals surface area contributed by atoms with E-state index in [2.05, 4.69) is 31.1 Å². The van der Waals surface area contributed by atoms with Crippen LogP contribution < -0.4 is 0 Å². The third-order valence-electron chi connectivity index (χ3n) is 1.55. The fraction of sp³-hybridized carbons (Fsp3) is 0.143. The summed E-state index contributed by atoms with van der Waals surface area (Å²) in [4.78, 5) is 4.25. The van der Waals surface area contributed by atoms with Crippen LogP contribution in [-0.4, -0.2) is 15.2 Å². The number of hydrogen-bond donors (Lipinski definition) is 1. The lowest BCUT2D eigenvalue weighted by atomic mass is 10.3. The second kappa shape index (κ2) is 2.30. The summed E-state index contributed by atoms with van der Waals surface area (Å²) in [5, 5.41) is 7.75. The van der Waals surface area contributed by atoms with Crippen LogP contribution in [0, 0.1) is 6.92 Å². The summed E-state index contributed by atoms with van der Waals surface area (Å²) in [6.07, 6.45) is 1.83. The molecule has 0 saturated heterocycles. The molecule has 0 unspecified atom stereocenters. The highest BCUT2D eigenvalue weighted by Gasteiger charge is 2.00. The lowest BCUT2D eigenvalue weighted by molar-refractivity contribution is 1.08. The number of fused-ring (bicyclic) bond motifs is 1. The Morgan fingerprint density at radius 3 is 3.18 bits per heavy atom. The number of nitrogens with zero attached hydrogens (tertiary/aromatic N) is 2. The summed E-state index contributed by atoms with van der Waals surface area (Å²) in [7, 11) is 0. The van der Waals surface area contributed by atoms with E-state index in [1.54, 1.807) is 0 Å². The number of nitrogens with one attached hydrogen (secondary N) is 1. The molecule has 2 heterocycles. The van der Waals surface area contributed by atoms with Crippen LogP contribution in [0.25, 0.3) is 11.0 Å². The van der Waals surface area contributed by atoms with Gasteiger partial charge >= 0.3 is 0 Å². The Morgan fingerprint density at radius 1 is 1.55 bits per heavy atom. The van der Waals surface area contributed by atoms with Gasteiger partial charge in [0, 0.05) is 16.1 Å². The van der Waals surface area contributed by atoms with Gasteiger partial charge in [-0.3, -0.25) is 5.10 Å². The third-order valence-corrected chi connectivity index (χ3v) is 2.35. The molecule has 0 bridgehead atoms. The lowest BCUT2D eigenvalue weighted by Gasteiger charge is -1.94. The monoisotopic (exact) mass is 211 g/mol. The molecule has 0 aliphatic rings. The molecular weight excluding hydrogens is 206 g/mol. The molecular formula is C7H6BrN3. The zero-order valence-electron chi connectivity index (χ0n) is 5.93. The highest BCUT2D eigenvalue weighted by atomic mass is 79.9. The van der Waals surface area contributed by atoms with Crippen molar-refractivity contribution in [1.29, 1.82) is 0 Å². The van der Waals surface area contributed by atoms with Gasteiger partial charge in [-0.15, -0.1) is 0 Å². The number of rotatable bonds is 0. The molecule has 2 rings (SSSR count). The summed E-state index contributed by atoms with van der Waals surface area (Å²) >= 11 is 3.40. The molecule has 0 atom stereocenters. The van der Waals surface area contributed by atoms with E-state index < -0.39 is 0 Å². The minimum absolute atomic E-state index is 0.769. The fourth-order valence-electron chi connectivity index (χ4n) is 0.941. The average molecular weight is 212 g/mol. The summed E-state index contributed by atoms with van der Waals surface area (Å²) in [6, 6.07) is 2.00. The number of pyridine rings is 1. The summed E-state index contributed by atoms with van der Waals surface area (Å²) < 4.78 is 1.02. The van der Waals surface area contributed by atoms with Gasteiger partial charge in [0.25, 0.3) is 0 Å². The Balaban J connectivity index is 2.86. The molecule has 2 aromatic heterocycles. The molecule has 2 aromatic rings. The van der Waals surface area contributed by atoms with Gasteiger partial charge in [-0.1, -0.05) is 0 Å². The van der Waals surface area contributed by atoms with Gasteiger partial charge in [-0.2, -0.15) is 5.10 Å². The first-order chi connectivity index (χ1) is 5.27. The van der Waals surface area contributed by atoms with Crippen molar-refractivity contribution in [3.05, 3.63) is 22.4 Å². The number of aromatic amines is 1. The Bertz CT molecular complexity index is 357. The Hall–Kier alpha value is -0.900. The predicted molar refractivity (Wildman–Crippen MR) is 46.3 cm³/mol. The average Bonchev–Trinajstić information content (AvgIpc) is 2.36. The fourth-order valence-corrected chi connectivity index (χ4v) is 1.28. The third kappa shape index (κ3) is 1.03. The molecule has 0 fully saturated rings. The lowest BCUT2D eigenvalue weighted by Crippen LogP contribution is -1.83. The first kappa shape index (κ1) is 6.79. The molecule has 3 nitrogen and oxygen atoms in total. The highest BCUT2D eigenvalue weighted by molar-refractivity contribution is 9.10. The molecule has 0 aromatic carbocycles. The standard InChI is InChI=1S/C7H6BrN3/c1-4-6(8)2-5-3-9-11-7(5)10-4/h2-3H,1H3,(H,9,10,11). The molecule has 11 heavy (non-hydrogen) atoms. The van der Waals surface area contributed by atoms with E-state index in [0.717, 1.165) is 21.2 Å². The van der Waals surface area contributed by atoms with Crippen LogP contribution in [0.4, 0.5) is 0 Å². The van der Waals surface area contributed by atoms with Crippen molar-refractivity contribution >= 4 is 27.0 Å². The molecule has 56 valence electrons. The maximum Gasteiger partial charge on any atom is 0.181 e. The number of aryl methyl sites for hydroxylation is 1. The molecule has 4 heteroatoms. The van der Waals surface area contributed by atoms with Gasteiger partial charge in [0.2, 0.25) is 0 Å². The van der Waals surface area contributed by atoms with Gasteiger partial charge < -0.3 is 0 Å². The maximum atomic E-state index is 4.25. The Labute approximate surface area is 72.0 Å². The van der Waals surface area contributed by atoms with E-state index >= 15 is 0 Å². The zero-order valence-corrected chi connectivity index (χ0v) is 7.51. The van der Waals surface area contributed by atoms with Crippen LogP contribution in [0.3, 0.4) is 0 Å². The van der Waals surface area contributed by atoms with Crippen molar-refractivity contribution in [2.24, 2.45) is 0 Å². The van der Waals surface area contributed by atoms with Crippen molar-refractivity contribution in [3.8, 4) is 0 Å². The van der Waals surface area contributed by atoms with Crippen LogP contribution >= 0.6 is 15.9 Å². The first-order valence-corrected chi connectivity index (χ1v) is 4.03. The zero-order chi connectivity index (χ0) is 7.84. The summed E-state index contributed by atoms with van der Waals surface area (Å²) in [5.74, 6) is 0. The van der Waals surface area contributed by atoms with E-state index in [1.807, 2.05) is 19.2 Å². The van der Waals surface area contributed by atoms with E-state index in [-0.39, 0.29) is 0 Å². The molecule has 0 aliphatic heterocycles. The second-order valence-electron chi connectivity index (χ2n) is 2.35. The van der Waals surface area contributed by atoms with Gasteiger partial charge in [0.15, 0.2) is 5.65 Å². The van der Waals surface area contributed by atoms with E-state index in [1.165, 1.54) is 0 Å². The van der Waals surface area contributed by atoms with E-state index in [0.29, 0.717) is 0 Å². The van der Waals surface area contributed by atoms with Crippen LogP contribution in [-0.2, 0) is 0 Å². The number of halogens is 1. The van der Waals surface area contributed by atoms with Crippen LogP contribution in [0.5, 0.6) is 0 Å². The Morgan fingerprint density at radius 2 is 2.36 bits per heavy atom. The molecule has 0 spiro atoms. The van der Waals surface area contributed by atoms with Crippen molar-refractivity contribution in [3.63, 3.8) is 0 Å². The number of H-pyrrole nitrogens is 1. The second-order valence-corrected chi connectivity index (χ2v) is 3.21. The van der Waals surface area contributed by atoms with Crippen molar-refractivity contribution in [2.45, 2.75) is 6.92 Å². The quantitative estimate of drug-likeness (QED) is 0.725. The van der Waals surface area contributed by atoms with Gasteiger partial charge in [-0.05, 0) is 28.9 Å². The van der Waals surface area contributed by atoms with Gasteiger partial charge in [0.1, 0.15) is 0 Å². The van der Waals surface area contributed by atoms with Crippen LogP contribution in [0.2, 0.25) is 0 Å². The van der Waals surface area contributed by atoms with Crippen molar-refractivity contribution < 1.29 is 0 Å². The first-order valence-electron chi connectivity index (χ1n) is 3.24. The topological polar surface area (TPSA) is 41.6 Å². The molecule has 0 amide bonds. The van der Waals surface area contributed by atoms with Gasteiger partial charge in [0.05, 0.1) is 5.69 Å². The highest BCUT2D eigenvalue weighted by Crippen LogP contribution is 2.18. The molecule has 0 saturated carbocycles. The minimum Gasteiger partial charge on any atom is -0.283 e. The molecule has 0 aliphatic carbocycles. The van der Waals surface area contributed by atoms with Gasteiger partial charge in [-0.25, -0.2) is 4.98 Å². The normalized spacial score (nSPS) is 10.7. The SMILES string of the molecule is Cc1nc2n[nH]cc2cc1Br. The number of hydrogen-bond acceptors (Lipinski definition) is 2. The van der Waals surface area contributed by atoms with E-state index in [9.17, 15) is 0 Å². The van der Waals surface area contributed by atoms with Crippen molar-refractivity contribution in [1.82, 2.24) is 15.2 Å². The minimum atomic E-state index is 0.769. The maximum absolute atomic E-state index is 4.25. The van der Waals surface area contributed by atoms with Crippen LogP contribution in [0.15, 0.2) is 16.7 Å². The van der Waals surface area contributed by atoms with E-state index in [4.69, 9.17) is 0 Å². The number of aromatic nitrogens is 3. The predicted octanol–water partition coefficient (Wildman–Crippen LogP) is 2.03. The smallest absolute Gasteiger partial charge is 0.181 e.